The number of imidazole rings is 1. The quantitative estimate of drug-likeness (QED) is 0.724. The molecular formula is C14H20N6S. The number of fused-ring (bicyclic) bond motifs is 1. The molecule has 0 N–H and O–H groups in total. The van der Waals surface area contributed by atoms with E-state index in [9.17, 15) is 0 Å². The molecule has 0 aliphatic rings. The zero-order chi connectivity index (χ0) is 15.0. The summed E-state index contributed by atoms with van der Waals surface area (Å²) in [5.41, 5.74) is 2.03. The highest BCUT2D eigenvalue weighted by atomic mass is 32.1. The highest BCUT2D eigenvalue weighted by molar-refractivity contribution is 7.22. The van der Waals surface area contributed by atoms with Gasteiger partial charge < -0.3 is 9.47 Å². The van der Waals surface area contributed by atoms with Gasteiger partial charge in [-0.25, -0.2) is 14.6 Å². The molecule has 0 saturated carbocycles. The van der Waals surface area contributed by atoms with E-state index in [1.54, 1.807) is 11.3 Å². The third kappa shape index (κ3) is 2.65. The molecule has 0 amide bonds. The lowest BCUT2D eigenvalue weighted by atomic mass is 10.3. The highest BCUT2D eigenvalue weighted by Gasteiger charge is 2.14. The smallest absolute Gasteiger partial charge is 0.187 e. The first kappa shape index (κ1) is 14.1. The second kappa shape index (κ2) is 5.48. The molecule has 0 bridgehead atoms. The van der Waals surface area contributed by atoms with E-state index < -0.39 is 0 Å². The predicted octanol–water partition coefficient (Wildman–Crippen LogP) is 2.14. The van der Waals surface area contributed by atoms with Crippen molar-refractivity contribution in [2.45, 2.75) is 19.8 Å². The number of hydrogen-bond donors (Lipinski definition) is 0. The Bertz CT molecular complexity index is 718. The van der Waals surface area contributed by atoms with E-state index in [1.165, 1.54) is 4.70 Å². The Labute approximate surface area is 128 Å². The van der Waals surface area contributed by atoms with E-state index in [0.717, 1.165) is 41.7 Å². The van der Waals surface area contributed by atoms with Gasteiger partial charge in [0.25, 0.3) is 0 Å². The van der Waals surface area contributed by atoms with Crippen LogP contribution in [0.4, 0.5) is 5.13 Å². The summed E-state index contributed by atoms with van der Waals surface area (Å²) in [4.78, 5) is 11.3. The zero-order valence-corrected chi connectivity index (χ0v) is 13.7. The fourth-order valence-corrected chi connectivity index (χ4v) is 3.46. The molecule has 0 radical (unpaired) electrons. The first-order valence-electron chi connectivity index (χ1n) is 7.03. The van der Waals surface area contributed by atoms with E-state index in [-0.39, 0.29) is 0 Å². The molecule has 0 fully saturated rings. The van der Waals surface area contributed by atoms with Crippen molar-refractivity contribution in [1.82, 2.24) is 24.3 Å². The molecule has 7 heteroatoms. The van der Waals surface area contributed by atoms with Crippen molar-refractivity contribution in [1.29, 1.82) is 0 Å². The molecule has 21 heavy (non-hydrogen) atoms. The van der Waals surface area contributed by atoms with Crippen molar-refractivity contribution in [3.8, 4) is 0 Å². The van der Waals surface area contributed by atoms with Crippen LogP contribution in [0.2, 0.25) is 0 Å². The summed E-state index contributed by atoms with van der Waals surface area (Å²) in [6, 6.07) is 0. The maximum atomic E-state index is 4.69. The average molecular weight is 304 g/mol. The molecule has 0 aliphatic heterocycles. The monoisotopic (exact) mass is 304 g/mol. The standard InChI is InChI=1S/C14H20N6S/c1-10-12-13(20(4)17-10)16-14(21-12)19(3)8-5-6-11-15-7-9-18(11)2/h7,9H,5-6,8H2,1-4H3. The first-order valence-corrected chi connectivity index (χ1v) is 7.85. The van der Waals surface area contributed by atoms with Crippen LogP contribution in [0.1, 0.15) is 17.9 Å². The Balaban J connectivity index is 1.65. The van der Waals surface area contributed by atoms with E-state index >= 15 is 0 Å². The minimum absolute atomic E-state index is 0.971. The average Bonchev–Trinajstić information content (AvgIpc) is 3.10. The van der Waals surface area contributed by atoms with Gasteiger partial charge in [-0.3, -0.25) is 0 Å². The van der Waals surface area contributed by atoms with Crippen LogP contribution in [0.3, 0.4) is 0 Å². The van der Waals surface area contributed by atoms with Crippen LogP contribution in [0, 0.1) is 6.92 Å². The van der Waals surface area contributed by atoms with Crippen LogP contribution in [0.15, 0.2) is 12.4 Å². The lowest BCUT2D eigenvalue weighted by Crippen LogP contribution is -2.19. The Kier molecular flexibility index (Phi) is 3.67. The number of hydrogen-bond acceptors (Lipinski definition) is 5. The maximum Gasteiger partial charge on any atom is 0.187 e. The number of thiazole rings is 1. The van der Waals surface area contributed by atoms with E-state index in [4.69, 9.17) is 4.98 Å². The minimum atomic E-state index is 0.971. The summed E-state index contributed by atoms with van der Waals surface area (Å²) >= 11 is 1.71. The Morgan fingerprint density at radius 3 is 2.81 bits per heavy atom. The molecular weight excluding hydrogens is 284 g/mol. The van der Waals surface area contributed by atoms with Gasteiger partial charge in [0.15, 0.2) is 10.8 Å². The Morgan fingerprint density at radius 2 is 2.14 bits per heavy atom. The SMILES string of the molecule is Cc1nn(C)c2nc(N(C)CCCc3nccn3C)sc12. The summed E-state index contributed by atoms with van der Waals surface area (Å²) < 4.78 is 5.11. The van der Waals surface area contributed by atoms with Crippen LogP contribution in [-0.4, -0.2) is 37.9 Å². The molecule has 0 spiro atoms. The lowest BCUT2D eigenvalue weighted by molar-refractivity contribution is 0.712. The number of nitrogens with zero attached hydrogens (tertiary/aromatic N) is 6. The minimum Gasteiger partial charge on any atom is -0.351 e. The van der Waals surface area contributed by atoms with Crippen molar-refractivity contribution >= 4 is 26.8 Å². The summed E-state index contributed by atoms with van der Waals surface area (Å²) in [6.07, 6.45) is 5.89. The van der Waals surface area contributed by atoms with Crippen molar-refractivity contribution < 1.29 is 0 Å². The molecule has 0 atom stereocenters. The molecule has 3 heterocycles. The van der Waals surface area contributed by atoms with Gasteiger partial charge in [0, 0.05) is 46.5 Å². The normalized spacial score (nSPS) is 11.4. The van der Waals surface area contributed by atoms with E-state index in [2.05, 4.69) is 26.6 Å². The third-order valence-corrected chi connectivity index (χ3v) is 4.94. The van der Waals surface area contributed by atoms with Gasteiger partial charge in [-0.05, 0) is 13.3 Å². The van der Waals surface area contributed by atoms with Crippen molar-refractivity contribution in [3.63, 3.8) is 0 Å². The van der Waals surface area contributed by atoms with Gasteiger partial charge >= 0.3 is 0 Å². The molecule has 3 aromatic rings. The molecule has 0 saturated heterocycles. The molecule has 0 aliphatic carbocycles. The Morgan fingerprint density at radius 1 is 1.33 bits per heavy atom. The maximum absolute atomic E-state index is 4.69. The summed E-state index contributed by atoms with van der Waals surface area (Å²) in [7, 11) is 6.08. The van der Waals surface area contributed by atoms with Crippen LogP contribution < -0.4 is 4.90 Å². The summed E-state index contributed by atoms with van der Waals surface area (Å²) in [6.45, 7) is 3.00. The van der Waals surface area contributed by atoms with Crippen molar-refractivity contribution in [2.75, 3.05) is 18.5 Å². The second-order valence-electron chi connectivity index (χ2n) is 5.34. The topological polar surface area (TPSA) is 51.8 Å². The lowest BCUT2D eigenvalue weighted by Gasteiger charge is -2.15. The highest BCUT2D eigenvalue weighted by Crippen LogP contribution is 2.30. The van der Waals surface area contributed by atoms with Crippen LogP contribution in [0.25, 0.3) is 10.3 Å². The van der Waals surface area contributed by atoms with Gasteiger partial charge in [0.1, 0.15) is 5.82 Å². The first-order chi connectivity index (χ1) is 10.1. The number of rotatable bonds is 5. The van der Waals surface area contributed by atoms with Crippen molar-refractivity contribution in [3.05, 3.63) is 23.9 Å². The third-order valence-electron chi connectivity index (χ3n) is 3.67. The van der Waals surface area contributed by atoms with Crippen LogP contribution >= 0.6 is 11.3 Å². The molecule has 112 valence electrons. The molecule has 3 rings (SSSR count). The Hall–Kier alpha value is -1.89. The van der Waals surface area contributed by atoms with Crippen LogP contribution in [0.5, 0.6) is 0 Å². The van der Waals surface area contributed by atoms with Gasteiger partial charge in [-0.1, -0.05) is 11.3 Å². The second-order valence-corrected chi connectivity index (χ2v) is 6.32. The predicted molar refractivity (Wildman–Crippen MR) is 85.9 cm³/mol. The van der Waals surface area contributed by atoms with Gasteiger partial charge in [-0.2, -0.15) is 5.10 Å². The molecule has 6 nitrogen and oxygen atoms in total. The molecule has 0 aromatic carbocycles. The number of anilines is 1. The van der Waals surface area contributed by atoms with E-state index in [1.807, 2.05) is 38.1 Å². The summed E-state index contributed by atoms with van der Waals surface area (Å²) in [5, 5.41) is 5.45. The molecule has 0 unspecified atom stereocenters. The number of aryl methyl sites for hydroxylation is 4. The fourth-order valence-electron chi connectivity index (χ4n) is 2.44. The number of aromatic nitrogens is 5. The van der Waals surface area contributed by atoms with Gasteiger partial charge in [-0.15, -0.1) is 0 Å². The van der Waals surface area contributed by atoms with Gasteiger partial charge in [0.2, 0.25) is 0 Å². The van der Waals surface area contributed by atoms with Crippen molar-refractivity contribution in [2.24, 2.45) is 14.1 Å². The van der Waals surface area contributed by atoms with E-state index in [0.29, 0.717) is 0 Å². The van der Waals surface area contributed by atoms with Gasteiger partial charge in [0.05, 0.1) is 10.4 Å². The largest absolute Gasteiger partial charge is 0.351 e. The summed E-state index contributed by atoms with van der Waals surface area (Å²) in [5.74, 6) is 1.13. The van der Waals surface area contributed by atoms with Crippen LogP contribution in [-0.2, 0) is 20.5 Å². The fraction of sp³-hybridized carbons (Fsp3) is 0.500. The molecule has 3 aromatic heterocycles. The zero-order valence-electron chi connectivity index (χ0n) is 12.9.